The molecule has 3 rings (SSSR count). The van der Waals surface area contributed by atoms with Crippen molar-refractivity contribution in [3.63, 3.8) is 0 Å². The quantitative estimate of drug-likeness (QED) is 0.727. The molecule has 0 aliphatic rings. The highest BCUT2D eigenvalue weighted by Crippen LogP contribution is 2.24. The van der Waals surface area contributed by atoms with Gasteiger partial charge in [0.2, 0.25) is 0 Å². The molecule has 0 atom stereocenters. The second kappa shape index (κ2) is 4.61. The van der Waals surface area contributed by atoms with E-state index in [-0.39, 0.29) is 0 Å². The Kier molecular flexibility index (Phi) is 2.79. The molecular weight excluding hydrogens is 240 g/mol. The van der Waals surface area contributed by atoms with Crippen molar-refractivity contribution in [1.82, 2.24) is 9.97 Å². The van der Waals surface area contributed by atoms with E-state index in [0.29, 0.717) is 12.2 Å². The van der Waals surface area contributed by atoms with Gasteiger partial charge in [0.05, 0.1) is 18.3 Å². The van der Waals surface area contributed by atoms with Gasteiger partial charge in [-0.1, -0.05) is 0 Å². The van der Waals surface area contributed by atoms with Crippen molar-refractivity contribution in [3.05, 3.63) is 48.7 Å². The minimum Gasteiger partial charge on any atom is -0.467 e. The molecular formula is C14H14N4O. The van der Waals surface area contributed by atoms with E-state index in [9.17, 15) is 0 Å². The molecule has 0 bridgehead atoms. The van der Waals surface area contributed by atoms with Crippen LogP contribution in [0.3, 0.4) is 0 Å². The summed E-state index contributed by atoms with van der Waals surface area (Å²) in [6.45, 7) is 0.656. The van der Waals surface area contributed by atoms with Gasteiger partial charge in [-0.25, -0.2) is 9.97 Å². The second-order valence-corrected chi connectivity index (χ2v) is 4.41. The monoisotopic (exact) mass is 254 g/mol. The first-order valence-electron chi connectivity index (χ1n) is 5.98. The summed E-state index contributed by atoms with van der Waals surface area (Å²) in [5.74, 6) is 1.76. The predicted octanol–water partition coefficient (Wildman–Crippen LogP) is 2.44. The summed E-state index contributed by atoms with van der Waals surface area (Å²) in [5, 5.41) is 0.978. The second-order valence-electron chi connectivity index (χ2n) is 4.41. The van der Waals surface area contributed by atoms with Gasteiger partial charge in [0.25, 0.3) is 0 Å². The molecule has 96 valence electrons. The lowest BCUT2D eigenvalue weighted by atomic mass is 10.2. The van der Waals surface area contributed by atoms with Crippen LogP contribution in [-0.2, 0) is 6.54 Å². The lowest BCUT2D eigenvalue weighted by Gasteiger charge is -2.18. The van der Waals surface area contributed by atoms with Crippen LogP contribution < -0.4 is 10.6 Å². The molecule has 0 spiro atoms. The third-order valence-electron chi connectivity index (χ3n) is 2.97. The zero-order valence-corrected chi connectivity index (χ0v) is 10.6. The Balaban J connectivity index is 2.00. The Morgan fingerprint density at radius 2 is 2.16 bits per heavy atom. The molecule has 0 amide bonds. The topological polar surface area (TPSA) is 68.2 Å². The zero-order valence-electron chi connectivity index (χ0n) is 10.6. The lowest BCUT2D eigenvalue weighted by Crippen LogP contribution is -2.17. The van der Waals surface area contributed by atoms with Crippen molar-refractivity contribution in [3.8, 4) is 0 Å². The molecule has 19 heavy (non-hydrogen) atoms. The minimum atomic E-state index is 0.656. The fourth-order valence-corrected chi connectivity index (χ4v) is 2.08. The van der Waals surface area contributed by atoms with Gasteiger partial charge in [-0.15, -0.1) is 0 Å². The molecule has 0 fully saturated rings. The third-order valence-corrected chi connectivity index (χ3v) is 2.97. The van der Waals surface area contributed by atoms with Crippen molar-refractivity contribution in [1.29, 1.82) is 0 Å². The van der Waals surface area contributed by atoms with Crippen LogP contribution in [0.4, 0.5) is 11.5 Å². The number of furan rings is 1. The lowest BCUT2D eigenvalue weighted by molar-refractivity contribution is 0.507. The number of rotatable bonds is 3. The summed E-state index contributed by atoms with van der Waals surface area (Å²) < 4.78 is 5.35. The summed E-state index contributed by atoms with van der Waals surface area (Å²) in [7, 11) is 1.97. The number of anilines is 2. The Bertz CT molecular complexity index is 694. The van der Waals surface area contributed by atoms with Crippen LogP contribution >= 0.6 is 0 Å². The van der Waals surface area contributed by atoms with E-state index >= 15 is 0 Å². The largest absolute Gasteiger partial charge is 0.467 e. The van der Waals surface area contributed by atoms with Crippen LogP contribution in [0, 0.1) is 0 Å². The average Bonchev–Trinajstić information content (AvgIpc) is 2.90. The van der Waals surface area contributed by atoms with Gasteiger partial charge in [-0.05, 0) is 30.3 Å². The van der Waals surface area contributed by atoms with Crippen LogP contribution in [0.15, 0.2) is 47.3 Å². The first kappa shape index (κ1) is 11.5. The number of hydrogen-bond donors (Lipinski definition) is 1. The minimum absolute atomic E-state index is 0.656. The summed E-state index contributed by atoms with van der Waals surface area (Å²) >= 11 is 0. The SMILES string of the molecule is CN(Cc1ccco1)c1ncnc2cc(N)ccc12. The van der Waals surface area contributed by atoms with Crippen molar-refractivity contribution in [2.24, 2.45) is 0 Å². The smallest absolute Gasteiger partial charge is 0.140 e. The number of nitrogen functional groups attached to an aromatic ring is 1. The van der Waals surface area contributed by atoms with E-state index < -0.39 is 0 Å². The molecule has 0 aliphatic carbocycles. The van der Waals surface area contributed by atoms with Gasteiger partial charge in [-0.2, -0.15) is 0 Å². The van der Waals surface area contributed by atoms with Gasteiger partial charge in [-0.3, -0.25) is 0 Å². The van der Waals surface area contributed by atoms with E-state index in [0.717, 1.165) is 22.5 Å². The van der Waals surface area contributed by atoms with Gasteiger partial charge in [0, 0.05) is 18.1 Å². The van der Waals surface area contributed by atoms with Crippen LogP contribution in [0.2, 0.25) is 0 Å². The Morgan fingerprint density at radius 1 is 1.26 bits per heavy atom. The molecule has 5 nitrogen and oxygen atoms in total. The molecule has 0 saturated heterocycles. The van der Waals surface area contributed by atoms with Gasteiger partial charge >= 0.3 is 0 Å². The van der Waals surface area contributed by atoms with Gasteiger partial charge in [0.15, 0.2) is 0 Å². The maximum atomic E-state index is 5.77. The molecule has 0 unspecified atom stereocenters. The number of nitrogens with two attached hydrogens (primary N) is 1. The normalized spacial score (nSPS) is 10.8. The number of hydrogen-bond acceptors (Lipinski definition) is 5. The predicted molar refractivity (Wildman–Crippen MR) is 74.8 cm³/mol. The summed E-state index contributed by atoms with van der Waals surface area (Å²) in [4.78, 5) is 10.6. The first-order valence-corrected chi connectivity index (χ1v) is 5.98. The number of nitrogens with zero attached hydrogens (tertiary/aromatic N) is 3. The van der Waals surface area contributed by atoms with Crippen LogP contribution in [0.25, 0.3) is 10.9 Å². The van der Waals surface area contributed by atoms with Crippen LogP contribution in [0.5, 0.6) is 0 Å². The Morgan fingerprint density at radius 3 is 2.95 bits per heavy atom. The zero-order chi connectivity index (χ0) is 13.2. The maximum Gasteiger partial charge on any atom is 0.140 e. The number of fused-ring (bicyclic) bond motifs is 1. The molecule has 0 saturated carbocycles. The number of benzene rings is 1. The third kappa shape index (κ3) is 2.22. The van der Waals surface area contributed by atoms with Crippen molar-refractivity contribution < 1.29 is 4.42 Å². The highest BCUT2D eigenvalue weighted by Gasteiger charge is 2.10. The highest BCUT2D eigenvalue weighted by molar-refractivity contribution is 5.91. The van der Waals surface area contributed by atoms with Crippen LogP contribution in [-0.4, -0.2) is 17.0 Å². The van der Waals surface area contributed by atoms with E-state index in [2.05, 4.69) is 9.97 Å². The van der Waals surface area contributed by atoms with Gasteiger partial charge < -0.3 is 15.1 Å². The van der Waals surface area contributed by atoms with Crippen molar-refractivity contribution in [2.75, 3.05) is 17.7 Å². The van der Waals surface area contributed by atoms with E-state index in [1.54, 1.807) is 12.6 Å². The van der Waals surface area contributed by atoms with E-state index in [4.69, 9.17) is 10.2 Å². The van der Waals surface area contributed by atoms with Crippen molar-refractivity contribution in [2.45, 2.75) is 6.54 Å². The fraction of sp³-hybridized carbons (Fsp3) is 0.143. The summed E-state index contributed by atoms with van der Waals surface area (Å²) in [6, 6.07) is 9.47. The molecule has 1 aromatic carbocycles. The molecule has 3 aromatic rings. The van der Waals surface area contributed by atoms with Crippen molar-refractivity contribution >= 4 is 22.4 Å². The van der Waals surface area contributed by atoms with E-state index in [1.165, 1.54) is 0 Å². The Labute approximate surface area is 110 Å². The van der Waals surface area contributed by atoms with Crippen LogP contribution in [0.1, 0.15) is 5.76 Å². The molecule has 2 heterocycles. The molecule has 2 N–H and O–H groups in total. The molecule has 0 aliphatic heterocycles. The first-order chi connectivity index (χ1) is 9.24. The average molecular weight is 254 g/mol. The summed E-state index contributed by atoms with van der Waals surface area (Å²) in [5.41, 5.74) is 7.31. The Hall–Kier alpha value is -2.56. The van der Waals surface area contributed by atoms with E-state index in [1.807, 2.05) is 42.3 Å². The molecule has 0 radical (unpaired) electrons. The highest BCUT2D eigenvalue weighted by atomic mass is 16.3. The summed E-state index contributed by atoms with van der Waals surface area (Å²) in [6.07, 6.45) is 3.22. The standard InChI is InChI=1S/C14H14N4O/c1-18(8-11-3-2-6-19-11)14-12-5-4-10(15)7-13(12)16-9-17-14/h2-7,9H,8,15H2,1H3. The maximum absolute atomic E-state index is 5.77. The molecule has 5 heteroatoms. The number of aromatic nitrogens is 2. The molecule has 2 aromatic heterocycles. The fourth-order valence-electron chi connectivity index (χ4n) is 2.08. The van der Waals surface area contributed by atoms with Gasteiger partial charge in [0.1, 0.15) is 17.9 Å².